The van der Waals surface area contributed by atoms with Gasteiger partial charge in [-0.2, -0.15) is 0 Å². The number of hydrogen-bond donors (Lipinski definition) is 1. The van der Waals surface area contributed by atoms with Crippen LogP contribution in [0.2, 0.25) is 0 Å². The van der Waals surface area contributed by atoms with Gasteiger partial charge in [-0.25, -0.2) is 13.6 Å². The zero-order valence-corrected chi connectivity index (χ0v) is 17.2. The summed E-state index contributed by atoms with van der Waals surface area (Å²) in [5.41, 5.74) is -0.0786. The topological polar surface area (TPSA) is 52.6 Å². The lowest BCUT2D eigenvalue weighted by molar-refractivity contribution is -0.130. The highest BCUT2D eigenvalue weighted by Crippen LogP contribution is 2.44. The molecular weight excluding hydrogens is 372 g/mol. The van der Waals surface area contributed by atoms with Gasteiger partial charge in [0.2, 0.25) is 5.91 Å². The third-order valence-electron chi connectivity index (χ3n) is 4.24. The Morgan fingerprint density at radius 1 is 1.33 bits per heavy atom. The number of nitrogens with zero attached hydrogens (tertiary/aromatic N) is 2. The SMILES string of the molecule is CC[C@H]1S[C@H](c2ccc(F)cc2F)N(CCN(C)C(=O)NC(C)(C)C)C1=O. The highest BCUT2D eigenvalue weighted by molar-refractivity contribution is 8.01. The number of amides is 3. The van der Waals surface area contributed by atoms with Crippen LogP contribution in [0, 0.1) is 11.6 Å². The largest absolute Gasteiger partial charge is 0.333 e. The van der Waals surface area contributed by atoms with Gasteiger partial charge >= 0.3 is 6.03 Å². The van der Waals surface area contributed by atoms with Crippen LogP contribution >= 0.6 is 11.8 Å². The first-order valence-corrected chi connectivity index (χ1v) is 9.92. The van der Waals surface area contributed by atoms with Crippen LogP contribution in [0.3, 0.4) is 0 Å². The second kappa shape index (κ2) is 8.46. The van der Waals surface area contributed by atoms with Crippen LogP contribution in [0.4, 0.5) is 13.6 Å². The van der Waals surface area contributed by atoms with Gasteiger partial charge in [0.15, 0.2) is 0 Å². The minimum atomic E-state index is -0.666. The van der Waals surface area contributed by atoms with Crippen LogP contribution in [0.15, 0.2) is 18.2 Å². The second-order valence-electron chi connectivity index (χ2n) is 7.68. The Morgan fingerprint density at radius 3 is 2.56 bits per heavy atom. The molecule has 0 unspecified atom stereocenters. The molecule has 8 heteroatoms. The number of carbonyl (C=O) groups is 2. The minimum absolute atomic E-state index is 0.0825. The van der Waals surface area contributed by atoms with E-state index >= 15 is 0 Å². The van der Waals surface area contributed by atoms with E-state index in [0.29, 0.717) is 13.0 Å². The lowest BCUT2D eigenvalue weighted by Gasteiger charge is -2.29. The minimum Gasteiger partial charge on any atom is -0.333 e. The molecule has 1 N–H and O–H groups in total. The van der Waals surface area contributed by atoms with Crippen molar-refractivity contribution in [2.24, 2.45) is 0 Å². The molecule has 1 aromatic rings. The molecule has 2 rings (SSSR count). The van der Waals surface area contributed by atoms with Crippen LogP contribution in [-0.4, -0.2) is 52.7 Å². The van der Waals surface area contributed by atoms with E-state index < -0.39 is 17.0 Å². The molecule has 1 aliphatic rings. The number of likely N-dealkylation sites (N-methyl/N-ethyl adjacent to an activating group) is 1. The predicted molar refractivity (Wildman–Crippen MR) is 103 cm³/mol. The molecule has 1 fully saturated rings. The van der Waals surface area contributed by atoms with Crippen molar-refractivity contribution in [1.29, 1.82) is 0 Å². The van der Waals surface area contributed by atoms with E-state index in [1.165, 1.54) is 28.8 Å². The van der Waals surface area contributed by atoms with Gasteiger partial charge in [-0.05, 0) is 33.3 Å². The number of carbonyl (C=O) groups excluding carboxylic acids is 2. The monoisotopic (exact) mass is 399 g/mol. The zero-order valence-electron chi connectivity index (χ0n) is 16.4. The standard InChI is InChI=1S/C19H27F2N3O2S/c1-6-15-16(25)24(10-9-23(5)18(26)22-19(2,3)4)17(27-15)13-8-7-12(20)11-14(13)21/h7-8,11,15,17H,6,9-10H2,1-5H3,(H,22,26)/t15-,17-/m1/s1. The van der Waals surface area contributed by atoms with Crippen molar-refractivity contribution in [2.75, 3.05) is 20.1 Å². The summed E-state index contributed by atoms with van der Waals surface area (Å²) in [5, 5.41) is 2.06. The lowest BCUT2D eigenvalue weighted by atomic mass is 10.1. The molecule has 0 aliphatic carbocycles. The van der Waals surface area contributed by atoms with E-state index in [0.717, 1.165) is 6.07 Å². The third kappa shape index (κ3) is 5.34. The number of urea groups is 1. The zero-order chi connectivity index (χ0) is 20.4. The molecule has 1 aliphatic heterocycles. The van der Waals surface area contributed by atoms with E-state index in [9.17, 15) is 18.4 Å². The van der Waals surface area contributed by atoms with Gasteiger partial charge < -0.3 is 15.1 Å². The van der Waals surface area contributed by atoms with Crippen LogP contribution < -0.4 is 5.32 Å². The molecule has 5 nitrogen and oxygen atoms in total. The summed E-state index contributed by atoms with van der Waals surface area (Å²) in [7, 11) is 1.65. The molecule has 0 aromatic heterocycles. The normalized spacial score (nSPS) is 20.1. The van der Waals surface area contributed by atoms with Crippen molar-refractivity contribution in [3.8, 4) is 0 Å². The molecule has 1 heterocycles. The summed E-state index contributed by atoms with van der Waals surface area (Å²) in [6, 6.07) is 3.18. The van der Waals surface area contributed by atoms with Crippen molar-refractivity contribution in [1.82, 2.24) is 15.1 Å². The average molecular weight is 400 g/mol. The highest BCUT2D eigenvalue weighted by atomic mass is 32.2. The number of thioether (sulfide) groups is 1. The van der Waals surface area contributed by atoms with Gasteiger partial charge in [0, 0.05) is 37.3 Å². The van der Waals surface area contributed by atoms with E-state index in [1.54, 1.807) is 11.9 Å². The Balaban J connectivity index is 2.13. The maximum absolute atomic E-state index is 14.3. The molecule has 2 atom stereocenters. The number of nitrogens with one attached hydrogen (secondary N) is 1. The average Bonchev–Trinajstić information content (AvgIpc) is 2.86. The van der Waals surface area contributed by atoms with E-state index in [4.69, 9.17) is 0 Å². The van der Waals surface area contributed by atoms with Gasteiger partial charge in [-0.1, -0.05) is 13.0 Å². The molecule has 0 radical (unpaired) electrons. The summed E-state index contributed by atoms with van der Waals surface area (Å²) in [4.78, 5) is 28.0. The number of hydrogen-bond acceptors (Lipinski definition) is 3. The Labute approximate surface area is 163 Å². The van der Waals surface area contributed by atoms with E-state index in [1.807, 2.05) is 27.7 Å². The van der Waals surface area contributed by atoms with Crippen molar-refractivity contribution in [2.45, 2.75) is 50.3 Å². The molecule has 150 valence electrons. The number of benzene rings is 1. The Hall–Kier alpha value is -1.83. The molecule has 0 spiro atoms. The molecule has 1 aromatic carbocycles. The predicted octanol–water partition coefficient (Wildman–Crippen LogP) is 3.76. The summed E-state index contributed by atoms with van der Waals surface area (Å²) in [5.74, 6) is -1.40. The van der Waals surface area contributed by atoms with Crippen LogP contribution in [0.5, 0.6) is 0 Å². The van der Waals surface area contributed by atoms with E-state index in [-0.39, 0.29) is 34.8 Å². The third-order valence-corrected chi connectivity index (χ3v) is 5.87. The van der Waals surface area contributed by atoms with Crippen molar-refractivity contribution in [3.63, 3.8) is 0 Å². The maximum atomic E-state index is 14.3. The molecule has 0 bridgehead atoms. The molecular formula is C19H27F2N3O2S. The van der Waals surface area contributed by atoms with Crippen LogP contribution in [0.25, 0.3) is 0 Å². The maximum Gasteiger partial charge on any atom is 0.317 e. The van der Waals surface area contributed by atoms with Gasteiger partial charge in [-0.15, -0.1) is 11.8 Å². The highest BCUT2D eigenvalue weighted by Gasteiger charge is 2.41. The van der Waals surface area contributed by atoms with Crippen molar-refractivity contribution >= 4 is 23.7 Å². The quantitative estimate of drug-likeness (QED) is 0.820. The van der Waals surface area contributed by atoms with Crippen molar-refractivity contribution < 1.29 is 18.4 Å². The van der Waals surface area contributed by atoms with Gasteiger partial charge in [0.05, 0.1) is 5.25 Å². The van der Waals surface area contributed by atoms with Gasteiger partial charge in [0.25, 0.3) is 0 Å². The molecule has 27 heavy (non-hydrogen) atoms. The molecule has 1 saturated heterocycles. The Kier molecular flexibility index (Phi) is 6.72. The van der Waals surface area contributed by atoms with E-state index in [2.05, 4.69) is 5.32 Å². The fourth-order valence-corrected chi connectivity index (χ4v) is 4.25. The fraction of sp³-hybridized carbons (Fsp3) is 0.579. The lowest BCUT2D eigenvalue weighted by Crippen LogP contribution is -2.49. The second-order valence-corrected chi connectivity index (χ2v) is 8.97. The fourth-order valence-electron chi connectivity index (χ4n) is 2.80. The first kappa shape index (κ1) is 21.5. The van der Waals surface area contributed by atoms with Gasteiger partial charge in [0.1, 0.15) is 17.0 Å². The first-order chi connectivity index (χ1) is 12.5. The van der Waals surface area contributed by atoms with Gasteiger partial charge in [-0.3, -0.25) is 4.79 Å². The first-order valence-electron chi connectivity index (χ1n) is 8.97. The van der Waals surface area contributed by atoms with Crippen molar-refractivity contribution in [3.05, 3.63) is 35.4 Å². The Morgan fingerprint density at radius 2 is 2.00 bits per heavy atom. The van der Waals surface area contributed by atoms with Crippen LogP contribution in [0.1, 0.15) is 45.1 Å². The summed E-state index contributed by atoms with van der Waals surface area (Å²) in [6.45, 7) is 8.15. The number of rotatable bonds is 5. The number of halogens is 2. The van der Waals surface area contributed by atoms with Crippen LogP contribution in [-0.2, 0) is 4.79 Å². The summed E-state index contributed by atoms with van der Waals surface area (Å²) >= 11 is 1.36. The summed E-state index contributed by atoms with van der Waals surface area (Å²) < 4.78 is 27.5. The molecule has 3 amide bonds. The smallest absolute Gasteiger partial charge is 0.317 e. The Bertz CT molecular complexity index is 709. The summed E-state index contributed by atoms with van der Waals surface area (Å²) in [6.07, 6.45) is 0.625. The molecule has 0 saturated carbocycles.